The number of rotatable bonds is 4. The molecule has 1 aliphatic rings. The lowest BCUT2D eigenvalue weighted by atomic mass is 10.5. The van der Waals surface area contributed by atoms with Gasteiger partial charge in [-0.3, -0.25) is 9.80 Å². The van der Waals surface area contributed by atoms with Crippen molar-refractivity contribution in [2.24, 2.45) is 0 Å². The zero-order valence-corrected chi connectivity index (χ0v) is 6.87. The molecule has 0 aliphatic carbocycles. The van der Waals surface area contributed by atoms with Crippen LogP contribution in [0, 0.1) is 0 Å². The van der Waals surface area contributed by atoms with Gasteiger partial charge in [-0.15, -0.1) is 6.58 Å². The summed E-state index contributed by atoms with van der Waals surface area (Å²) < 4.78 is 0. The van der Waals surface area contributed by atoms with Crippen LogP contribution in [0.5, 0.6) is 0 Å². The SMILES string of the molecule is C=CCN1CCN(CCO)C1. The third-order valence-corrected chi connectivity index (χ3v) is 1.94. The van der Waals surface area contributed by atoms with Gasteiger partial charge in [0.15, 0.2) is 0 Å². The molecule has 1 rings (SSSR count). The highest BCUT2D eigenvalue weighted by Crippen LogP contribution is 2.02. The molecule has 1 saturated heterocycles. The maximum atomic E-state index is 8.66. The average Bonchev–Trinajstić information content (AvgIpc) is 2.38. The highest BCUT2D eigenvalue weighted by Gasteiger charge is 2.17. The van der Waals surface area contributed by atoms with Gasteiger partial charge in [0.2, 0.25) is 0 Å². The van der Waals surface area contributed by atoms with E-state index >= 15 is 0 Å². The lowest BCUT2D eigenvalue weighted by Gasteiger charge is -2.14. The summed E-state index contributed by atoms with van der Waals surface area (Å²) >= 11 is 0. The van der Waals surface area contributed by atoms with Gasteiger partial charge in [-0.1, -0.05) is 6.08 Å². The van der Waals surface area contributed by atoms with Crippen molar-refractivity contribution in [2.45, 2.75) is 0 Å². The molecule has 1 N–H and O–H groups in total. The molecule has 0 amide bonds. The van der Waals surface area contributed by atoms with E-state index in [1.807, 2.05) is 6.08 Å². The lowest BCUT2D eigenvalue weighted by Crippen LogP contribution is -2.27. The monoisotopic (exact) mass is 156 g/mol. The first-order valence-electron chi connectivity index (χ1n) is 4.03. The first kappa shape index (κ1) is 8.71. The van der Waals surface area contributed by atoms with E-state index in [-0.39, 0.29) is 6.61 Å². The minimum absolute atomic E-state index is 0.266. The van der Waals surface area contributed by atoms with Crippen molar-refractivity contribution in [3.8, 4) is 0 Å². The minimum atomic E-state index is 0.266. The van der Waals surface area contributed by atoms with Crippen LogP contribution in [0.1, 0.15) is 0 Å². The predicted octanol–water partition coefficient (Wildman–Crippen LogP) is -0.260. The summed E-state index contributed by atoms with van der Waals surface area (Å²) in [6.07, 6.45) is 1.92. The number of aliphatic hydroxyl groups is 1. The zero-order chi connectivity index (χ0) is 8.10. The van der Waals surface area contributed by atoms with Gasteiger partial charge >= 0.3 is 0 Å². The molecule has 0 saturated carbocycles. The van der Waals surface area contributed by atoms with E-state index < -0.39 is 0 Å². The van der Waals surface area contributed by atoms with E-state index in [1.165, 1.54) is 0 Å². The van der Waals surface area contributed by atoms with Crippen LogP contribution in [-0.4, -0.2) is 54.4 Å². The fourth-order valence-corrected chi connectivity index (χ4v) is 1.36. The quantitative estimate of drug-likeness (QED) is 0.568. The molecule has 64 valence electrons. The van der Waals surface area contributed by atoms with Crippen molar-refractivity contribution in [3.63, 3.8) is 0 Å². The standard InChI is InChI=1S/C8H16N2O/c1-2-3-9-4-5-10(8-9)6-7-11/h2,11H,1,3-8H2. The normalized spacial score (nSPS) is 20.8. The molecule has 0 aromatic rings. The van der Waals surface area contributed by atoms with Gasteiger partial charge in [-0.25, -0.2) is 0 Å². The van der Waals surface area contributed by atoms with Crippen LogP contribution < -0.4 is 0 Å². The van der Waals surface area contributed by atoms with E-state index in [1.54, 1.807) is 0 Å². The van der Waals surface area contributed by atoms with Crippen LogP contribution in [0.2, 0.25) is 0 Å². The number of hydrogen-bond acceptors (Lipinski definition) is 3. The second-order valence-corrected chi connectivity index (χ2v) is 2.85. The van der Waals surface area contributed by atoms with E-state index in [4.69, 9.17) is 5.11 Å². The fourth-order valence-electron chi connectivity index (χ4n) is 1.36. The van der Waals surface area contributed by atoms with Gasteiger partial charge in [0.05, 0.1) is 13.3 Å². The van der Waals surface area contributed by atoms with Crippen molar-refractivity contribution in [3.05, 3.63) is 12.7 Å². The second-order valence-electron chi connectivity index (χ2n) is 2.85. The Bertz CT molecular complexity index is 127. The Hall–Kier alpha value is -0.380. The van der Waals surface area contributed by atoms with Gasteiger partial charge in [0.1, 0.15) is 0 Å². The highest BCUT2D eigenvalue weighted by molar-refractivity contribution is 4.78. The van der Waals surface area contributed by atoms with E-state index in [9.17, 15) is 0 Å². The summed E-state index contributed by atoms with van der Waals surface area (Å²) in [6, 6.07) is 0. The van der Waals surface area contributed by atoms with Crippen molar-refractivity contribution in [2.75, 3.05) is 39.5 Å². The zero-order valence-electron chi connectivity index (χ0n) is 6.87. The Kier molecular flexibility index (Phi) is 3.56. The van der Waals surface area contributed by atoms with Crippen molar-refractivity contribution < 1.29 is 5.11 Å². The second kappa shape index (κ2) is 4.49. The summed E-state index contributed by atoms with van der Waals surface area (Å²) in [4.78, 5) is 4.55. The summed E-state index contributed by atoms with van der Waals surface area (Å²) in [6.45, 7) is 8.87. The van der Waals surface area contributed by atoms with Crippen molar-refractivity contribution in [1.29, 1.82) is 0 Å². The van der Waals surface area contributed by atoms with E-state index in [2.05, 4.69) is 16.4 Å². The summed E-state index contributed by atoms with van der Waals surface area (Å²) in [5.41, 5.74) is 0. The van der Waals surface area contributed by atoms with E-state index in [0.29, 0.717) is 0 Å². The summed E-state index contributed by atoms with van der Waals surface area (Å²) in [7, 11) is 0. The molecule has 1 heterocycles. The summed E-state index contributed by atoms with van der Waals surface area (Å²) in [5.74, 6) is 0. The van der Waals surface area contributed by atoms with Crippen LogP contribution in [0.15, 0.2) is 12.7 Å². The molecule has 1 fully saturated rings. The number of hydrogen-bond donors (Lipinski definition) is 1. The van der Waals surface area contributed by atoms with Crippen LogP contribution >= 0.6 is 0 Å². The highest BCUT2D eigenvalue weighted by atomic mass is 16.3. The first-order chi connectivity index (χ1) is 5.36. The number of nitrogens with zero attached hydrogens (tertiary/aromatic N) is 2. The molecule has 0 aromatic carbocycles. The maximum Gasteiger partial charge on any atom is 0.0558 e. The third kappa shape index (κ3) is 2.61. The Morgan fingerprint density at radius 3 is 2.73 bits per heavy atom. The molecule has 0 bridgehead atoms. The third-order valence-electron chi connectivity index (χ3n) is 1.94. The average molecular weight is 156 g/mol. The molecule has 3 heteroatoms. The minimum Gasteiger partial charge on any atom is -0.395 e. The molecule has 0 atom stereocenters. The molecule has 0 spiro atoms. The Balaban J connectivity index is 2.17. The molecule has 1 aliphatic heterocycles. The molecule has 0 aromatic heterocycles. The fraction of sp³-hybridized carbons (Fsp3) is 0.750. The molecule has 0 unspecified atom stereocenters. The maximum absolute atomic E-state index is 8.66. The van der Waals surface area contributed by atoms with Crippen LogP contribution in [0.25, 0.3) is 0 Å². The van der Waals surface area contributed by atoms with Crippen molar-refractivity contribution in [1.82, 2.24) is 9.80 Å². The predicted molar refractivity (Wildman–Crippen MR) is 45.3 cm³/mol. The number of β-amino-alcohol motifs (C(OH)–C–C–N with tert-alkyl or cyclic N) is 1. The molecule has 0 radical (unpaired) electrons. The first-order valence-corrected chi connectivity index (χ1v) is 4.03. The molecular formula is C8H16N2O. The molecular weight excluding hydrogens is 140 g/mol. The number of aliphatic hydroxyl groups excluding tert-OH is 1. The Morgan fingerprint density at radius 1 is 1.36 bits per heavy atom. The van der Waals surface area contributed by atoms with Crippen LogP contribution in [-0.2, 0) is 0 Å². The summed E-state index contributed by atoms with van der Waals surface area (Å²) in [5, 5.41) is 8.66. The van der Waals surface area contributed by atoms with Crippen LogP contribution in [0.3, 0.4) is 0 Å². The van der Waals surface area contributed by atoms with Crippen molar-refractivity contribution >= 4 is 0 Å². The largest absolute Gasteiger partial charge is 0.395 e. The Labute approximate surface area is 67.9 Å². The molecule has 3 nitrogen and oxygen atoms in total. The van der Waals surface area contributed by atoms with Gasteiger partial charge in [0.25, 0.3) is 0 Å². The smallest absolute Gasteiger partial charge is 0.0558 e. The topological polar surface area (TPSA) is 26.7 Å². The molecule has 11 heavy (non-hydrogen) atoms. The van der Waals surface area contributed by atoms with Gasteiger partial charge in [-0.2, -0.15) is 0 Å². The lowest BCUT2D eigenvalue weighted by molar-refractivity contribution is 0.198. The Morgan fingerprint density at radius 2 is 2.09 bits per heavy atom. The van der Waals surface area contributed by atoms with Gasteiger partial charge in [0, 0.05) is 26.2 Å². The van der Waals surface area contributed by atoms with Gasteiger partial charge < -0.3 is 5.11 Å². The van der Waals surface area contributed by atoms with Crippen LogP contribution in [0.4, 0.5) is 0 Å². The van der Waals surface area contributed by atoms with E-state index in [0.717, 1.165) is 32.8 Å². The van der Waals surface area contributed by atoms with Gasteiger partial charge in [-0.05, 0) is 0 Å².